The zero-order chi connectivity index (χ0) is 13.0. The Labute approximate surface area is 108 Å². The highest BCUT2D eigenvalue weighted by atomic mass is 16.5. The number of rotatable bonds is 4. The van der Waals surface area contributed by atoms with Crippen LogP contribution in [0.3, 0.4) is 0 Å². The molecular weight excluding hydrogens is 224 g/mol. The number of aryl methyl sites for hydroxylation is 1. The van der Waals surface area contributed by atoms with Crippen LogP contribution in [0.5, 0.6) is 5.75 Å². The summed E-state index contributed by atoms with van der Waals surface area (Å²) in [7, 11) is 0. The molecule has 0 fully saturated rings. The molecule has 94 valence electrons. The molecule has 0 saturated heterocycles. The number of ether oxygens (including phenoxy) is 1. The van der Waals surface area contributed by atoms with E-state index in [0.29, 0.717) is 6.61 Å². The molecule has 2 aromatic carbocycles. The van der Waals surface area contributed by atoms with Crippen LogP contribution in [0.25, 0.3) is 0 Å². The molecule has 2 aromatic rings. The van der Waals surface area contributed by atoms with Gasteiger partial charge in [0.05, 0.1) is 6.10 Å². The van der Waals surface area contributed by atoms with Crippen molar-refractivity contribution in [2.75, 3.05) is 0 Å². The van der Waals surface area contributed by atoms with Gasteiger partial charge in [0.25, 0.3) is 0 Å². The van der Waals surface area contributed by atoms with E-state index in [0.717, 1.165) is 16.9 Å². The Hall–Kier alpha value is -1.80. The maximum Gasteiger partial charge on any atom is 0.119 e. The van der Waals surface area contributed by atoms with Crippen molar-refractivity contribution in [3.63, 3.8) is 0 Å². The lowest BCUT2D eigenvalue weighted by atomic mass is 10.1. The van der Waals surface area contributed by atoms with Gasteiger partial charge < -0.3 is 9.84 Å². The van der Waals surface area contributed by atoms with Crippen molar-refractivity contribution in [2.24, 2.45) is 0 Å². The van der Waals surface area contributed by atoms with Gasteiger partial charge in [0.2, 0.25) is 0 Å². The van der Waals surface area contributed by atoms with Crippen molar-refractivity contribution >= 4 is 0 Å². The summed E-state index contributed by atoms with van der Waals surface area (Å²) in [4.78, 5) is 0. The summed E-state index contributed by atoms with van der Waals surface area (Å²) in [5.74, 6) is 0.820. The van der Waals surface area contributed by atoms with E-state index in [9.17, 15) is 5.11 Å². The Bertz CT molecular complexity index is 501. The molecule has 0 amide bonds. The third kappa shape index (κ3) is 3.34. The molecule has 2 rings (SSSR count). The molecule has 2 nitrogen and oxygen atoms in total. The van der Waals surface area contributed by atoms with Crippen LogP contribution in [0.2, 0.25) is 0 Å². The fourth-order valence-corrected chi connectivity index (χ4v) is 1.81. The van der Waals surface area contributed by atoms with Crippen LogP contribution in [0, 0.1) is 6.92 Å². The van der Waals surface area contributed by atoms with Gasteiger partial charge in [-0.25, -0.2) is 0 Å². The third-order valence-electron chi connectivity index (χ3n) is 2.85. The molecule has 0 aromatic heterocycles. The standard InChI is InChI=1S/C16H18O2/c1-12-4-3-5-14(10-12)11-18-16-8-6-15(7-9-16)13(2)17/h3-10,13,17H,11H2,1-2H3/t13-/m1/s1. The maximum absolute atomic E-state index is 9.41. The predicted molar refractivity (Wildman–Crippen MR) is 72.6 cm³/mol. The van der Waals surface area contributed by atoms with Crippen molar-refractivity contribution in [1.29, 1.82) is 0 Å². The molecule has 0 saturated carbocycles. The van der Waals surface area contributed by atoms with Crippen LogP contribution < -0.4 is 4.74 Å². The third-order valence-corrected chi connectivity index (χ3v) is 2.85. The number of aliphatic hydroxyl groups excluding tert-OH is 1. The zero-order valence-electron chi connectivity index (χ0n) is 10.8. The molecule has 0 spiro atoms. The molecule has 1 N–H and O–H groups in total. The Morgan fingerprint density at radius 1 is 1.11 bits per heavy atom. The first-order valence-electron chi connectivity index (χ1n) is 6.11. The lowest BCUT2D eigenvalue weighted by Crippen LogP contribution is -1.96. The summed E-state index contributed by atoms with van der Waals surface area (Å²) in [5.41, 5.74) is 3.30. The molecule has 0 aliphatic rings. The fraction of sp³-hybridized carbons (Fsp3) is 0.250. The molecule has 0 bridgehead atoms. The smallest absolute Gasteiger partial charge is 0.119 e. The van der Waals surface area contributed by atoms with E-state index in [4.69, 9.17) is 4.74 Å². The molecule has 0 radical (unpaired) electrons. The van der Waals surface area contributed by atoms with Crippen LogP contribution in [0.1, 0.15) is 29.7 Å². The van der Waals surface area contributed by atoms with E-state index < -0.39 is 6.10 Å². The Morgan fingerprint density at radius 2 is 1.83 bits per heavy atom. The van der Waals surface area contributed by atoms with Gasteiger partial charge in [0.1, 0.15) is 12.4 Å². The average molecular weight is 242 g/mol. The second-order valence-corrected chi connectivity index (χ2v) is 4.52. The number of benzene rings is 2. The summed E-state index contributed by atoms with van der Waals surface area (Å²) in [5, 5.41) is 9.41. The summed E-state index contributed by atoms with van der Waals surface area (Å²) in [6.07, 6.45) is -0.434. The molecule has 1 atom stereocenters. The molecule has 2 heteroatoms. The monoisotopic (exact) mass is 242 g/mol. The minimum absolute atomic E-state index is 0.434. The van der Waals surface area contributed by atoms with Crippen LogP contribution >= 0.6 is 0 Å². The first-order valence-corrected chi connectivity index (χ1v) is 6.11. The number of hydrogen-bond donors (Lipinski definition) is 1. The summed E-state index contributed by atoms with van der Waals surface area (Å²) in [6.45, 7) is 4.39. The van der Waals surface area contributed by atoms with Crippen LogP contribution in [-0.2, 0) is 6.61 Å². The highest BCUT2D eigenvalue weighted by molar-refractivity contribution is 5.29. The van der Waals surface area contributed by atoms with Crippen molar-refractivity contribution in [1.82, 2.24) is 0 Å². The highest BCUT2D eigenvalue weighted by Crippen LogP contribution is 2.18. The normalized spacial score (nSPS) is 12.2. The molecular formula is C16H18O2. The van der Waals surface area contributed by atoms with E-state index in [1.165, 1.54) is 5.56 Å². The first-order chi connectivity index (χ1) is 8.65. The summed E-state index contributed by atoms with van der Waals surface area (Å²) < 4.78 is 5.70. The van der Waals surface area contributed by atoms with Crippen molar-refractivity contribution < 1.29 is 9.84 Å². The van der Waals surface area contributed by atoms with Gasteiger partial charge in [-0.05, 0) is 37.1 Å². The minimum atomic E-state index is -0.434. The number of hydrogen-bond acceptors (Lipinski definition) is 2. The Morgan fingerprint density at radius 3 is 2.44 bits per heavy atom. The second-order valence-electron chi connectivity index (χ2n) is 4.52. The van der Waals surface area contributed by atoms with E-state index in [2.05, 4.69) is 25.1 Å². The van der Waals surface area contributed by atoms with Gasteiger partial charge in [0.15, 0.2) is 0 Å². The lowest BCUT2D eigenvalue weighted by Gasteiger charge is -2.09. The van der Waals surface area contributed by atoms with Gasteiger partial charge in [-0.3, -0.25) is 0 Å². The van der Waals surface area contributed by atoms with Gasteiger partial charge >= 0.3 is 0 Å². The van der Waals surface area contributed by atoms with E-state index >= 15 is 0 Å². The van der Waals surface area contributed by atoms with Crippen molar-refractivity contribution in [3.05, 3.63) is 65.2 Å². The van der Waals surface area contributed by atoms with Crippen LogP contribution in [0.15, 0.2) is 48.5 Å². The zero-order valence-corrected chi connectivity index (χ0v) is 10.8. The Kier molecular flexibility index (Phi) is 4.00. The molecule has 0 heterocycles. The van der Waals surface area contributed by atoms with Crippen molar-refractivity contribution in [3.8, 4) is 5.75 Å². The number of aliphatic hydroxyl groups is 1. The average Bonchev–Trinajstić information content (AvgIpc) is 2.37. The summed E-state index contributed by atoms with van der Waals surface area (Å²) >= 11 is 0. The first kappa shape index (κ1) is 12.7. The molecule has 18 heavy (non-hydrogen) atoms. The summed E-state index contributed by atoms with van der Waals surface area (Å²) in [6, 6.07) is 15.8. The molecule has 0 unspecified atom stereocenters. The van der Waals surface area contributed by atoms with Crippen molar-refractivity contribution in [2.45, 2.75) is 26.6 Å². The van der Waals surface area contributed by atoms with Gasteiger partial charge in [-0.15, -0.1) is 0 Å². The van der Waals surface area contributed by atoms with E-state index in [1.807, 2.05) is 30.3 Å². The van der Waals surface area contributed by atoms with Gasteiger partial charge in [-0.2, -0.15) is 0 Å². The van der Waals surface area contributed by atoms with E-state index in [-0.39, 0.29) is 0 Å². The van der Waals surface area contributed by atoms with Crippen LogP contribution in [-0.4, -0.2) is 5.11 Å². The fourth-order valence-electron chi connectivity index (χ4n) is 1.81. The lowest BCUT2D eigenvalue weighted by molar-refractivity contribution is 0.199. The second kappa shape index (κ2) is 5.69. The van der Waals surface area contributed by atoms with Gasteiger partial charge in [-0.1, -0.05) is 42.0 Å². The molecule has 0 aliphatic carbocycles. The predicted octanol–water partition coefficient (Wildman–Crippen LogP) is 3.63. The van der Waals surface area contributed by atoms with Gasteiger partial charge in [0, 0.05) is 0 Å². The topological polar surface area (TPSA) is 29.5 Å². The SMILES string of the molecule is Cc1cccc(COc2ccc([C@@H](C)O)cc2)c1. The maximum atomic E-state index is 9.41. The highest BCUT2D eigenvalue weighted by Gasteiger charge is 2.01. The van der Waals surface area contributed by atoms with E-state index in [1.54, 1.807) is 6.92 Å². The van der Waals surface area contributed by atoms with Crippen LogP contribution in [0.4, 0.5) is 0 Å². The molecule has 0 aliphatic heterocycles. The minimum Gasteiger partial charge on any atom is -0.489 e. The largest absolute Gasteiger partial charge is 0.489 e. The quantitative estimate of drug-likeness (QED) is 0.887. The Balaban J connectivity index is 1.98.